The molecule has 0 spiro atoms. The van der Waals surface area contributed by atoms with E-state index < -0.39 is 0 Å². The van der Waals surface area contributed by atoms with Crippen molar-refractivity contribution >= 4 is 5.91 Å². The average Bonchev–Trinajstić information content (AvgIpc) is 2.67. The lowest BCUT2D eigenvalue weighted by molar-refractivity contribution is -0.125. The molecule has 2 N–H and O–H groups in total. The third-order valence-corrected chi connectivity index (χ3v) is 2.48. The molecule has 82 valence electrons. The maximum atomic E-state index is 11.6. The third-order valence-electron chi connectivity index (χ3n) is 2.48. The fourth-order valence-corrected chi connectivity index (χ4v) is 1.57. The summed E-state index contributed by atoms with van der Waals surface area (Å²) >= 11 is 0. The van der Waals surface area contributed by atoms with Crippen molar-refractivity contribution in [2.24, 2.45) is 5.92 Å². The molecule has 1 fully saturated rings. The first kappa shape index (κ1) is 11.5. The molecule has 0 aromatic carbocycles. The van der Waals surface area contributed by atoms with Gasteiger partial charge in [0.1, 0.15) is 0 Å². The van der Waals surface area contributed by atoms with Crippen molar-refractivity contribution in [3.05, 3.63) is 0 Å². The van der Waals surface area contributed by atoms with E-state index in [1.165, 1.54) is 0 Å². The molecule has 0 aliphatic carbocycles. The largest absolute Gasteiger partial charge is 0.396 e. The molecule has 0 aromatic rings. The molecule has 0 aromatic heterocycles. The summed E-state index contributed by atoms with van der Waals surface area (Å²) in [5.41, 5.74) is 0. The van der Waals surface area contributed by atoms with Crippen molar-refractivity contribution in [1.29, 1.82) is 0 Å². The first-order valence-electron chi connectivity index (χ1n) is 5.23. The van der Waals surface area contributed by atoms with Crippen LogP contribution in [-0.2, 0) is 9.53 Å². The fraction of sp³-hybridized carbons (Fsp3) is 0.900. The molecule has 0 bridgehead atoms. The van der Waals surface area contributed by atoms with Crippen LogP contribution in [0.15, 0.2) is 0 Å². The van der Waals surface area contributed by atoms with Crippen LogP contribution in [0.3, 0.4) is 0 Å². The molecule has 0 radical (unpaired) electrons. The van der Waals surface area contributed by atoms with Crippen molar-refractivity contribution in [3.8, 4) is 0 Å². The Balaban J connectivity index is 2.18. The van der Waals surface area contributed by atoms with E-state index in [1.54, 1.807) is 0 Å². The molecule has 1 saturated heterocycles. The minimum atomic E-state index is 0.0339. The molecular formula is C10H19NO3. The van der Waals surface area contributed by atoms with Crippen LogP contribution in [0.25, 0.3) is 0 Å². The number of aliphatic hydroxyl groups is 1. The van der Waals surface area contributed by atoms with Crippen molar-refractivity contribution < 1.29 is 14.6 Å². The zero-order valence-electron chi connectivity index (χ0n) is 8.66. The highest BCUT2D eigenvalue weighted by Gasteiger charge is 2.24. The van der Waals surface area contributed by atoms with Gasteiger partial charge in [-0.3, -0.25) is 4.79 Å². The fourth-order valence-electron chi connectivity index (χ4n) is 1.57. The van der Waals surface area contributed by atoms with Gasteiger partial charge < -0.3 is 15.2 Å². The predicted molar refractivity (Wildman–Crippen MR) is 52.9 cm³/mol. The smallest absolute Gasteiger partial charge is 0.225 e. The van der Waals surface area contributed by atoms with Gasteiger partial charge in [-0.05, 0) is 26.2 Å². The van der Waals surface area contributed by atoms with Crippen LogP contribution in [0, 0.1) is 5.92 Å². The Morgan fingerprint density at radius 2 is 2.50 bits per heavy atom. The maximum absolute atomic E-state index is 11.6. The van der Waals surface area contributed by atoms with Gasteiger partial charge in [0.2, 0.25) is 5.91 Å². The molecular weight excluding hydrogens is 182 g/mol. The number of nitrogens with one attached hydrogen (secondary N) is 1. The van der Waals surface area contributed by atoms with E-state index in [4.69, 9.17) is 9.84 Å². The van der Waals surface area contributed by atoms with Gasteiger partial charge in [0, 0.05) is 19.3 Å². The van der Waals surface area contributed by atoms with Gasteiger partial charge in [0.05, 0.1) is 12.5 Å². The van der Waals surface area contributed by atoms with Gasteiger partial charge in [-0.2, -0.15) is 0 Å². The summed E-state index contributed by atoms with van der Waals surface area (Å²) in [6.07, 6.45) is 2.40. The average molecular weight is 201 g/mol. The molecule has 4 heteroatoms. The number of hydrogen-bond donors (Lipinski definition) is 2. The topological polar surface area (TPSA) is 58.6 Å². The second kappa shape index (κ2) is 5.98. The second-order valence-electron chi connectivity index (χ2n) is 3.84. The van der Waals surface area contributed by atoms with Crippen LogP contribution in [0.4, 0.5) is 0 Å². The number of amides is 1. The molecule has 0 saturated carbocycles. The summed E-state index contributed by atoms with van der Waals surface area (Å²) in [6.45, 7) is 3.40. The van der Waals surface area contributed by atoms with Crippen LogP contribution in [0.2, 0.25) is 0 Å². The molecule has 1 heterocycles. The molecule has 1 aliphatic heterocycles. The summed E-state index contributed by atoms with van der Waals surface area (Å²) in [5.74, 6) is 0.125. The molecule has 1 aliphatic rings. The predicted octanol–water partition coefficient (Wildman–Crippen LogP) is 0.300. The first-order valence-corrected chi connectivity index (χ1v) is 5.23. The van der Waals surface area contributed by atoms with Crippen LogP contribution in [-0.4, -0.2) is 36.9 Å². The highest BCUT2D eigenvalue weighted by molar-refractivity contribution is 5.79. The van der Waals surface area contributed by atoms with Gasteiger partial charge in [0.15, 0.2) is 0 Å². The summed E-state index contributed by atoms with van der Waals surface area (Å²) in [4.78, 5) is 11.6. The van der Waals surface area contributed by atoms with Crippen molar-refractivity contribution in [2.45, 2.75) is 32.2 Å². The van der Waals surface area contributed by atoms with Gasteiger partial charge in [0.25, 0.3) is 0 Å². The normalized spacial score (nSPS) is 23.4. The monoisotopic (exact) mass is 201 g/mol. The van der Waals surface area contributed by atoms with Crippen LogP contribution in [0.5, 0.6) is 0 Å². The van der Waals surface area contributed by atoms with Gasteiger partial charge in [-0.15, -0.1) is 0 Å². The molecule has 1 amide bonds. The standard InChI is InChI=1S/C10H19NO3/c1-8(3-2-5-12)11-10(13)9-4-6-14-7-9/h8-9,12H,2-7H2,1H3,(H,11,13). The highest BCUT2D eigenvalue weighted by Crippen LogP contribution is 2.12. The molecule has 2 unspecified atom stereocenters. The number of rotatable bonds is 5. The Morgan fingerprint density at radius 3 is 3.07 bits per heavy atom. The van der Waals surface area contributed by atoms with Crippen LogP contribution < -0.4 is 5.32 Å². The molecule has 14 heavy (non-hydrogen) atoms. The zero-order chi connectivity index (χ0) is 10.4. The number of carbonyl (C=O) groups excluding carboxylic acids is 1. The molecule has 4 nitrogen and oxygen atoms in total. The summed E-state index contributed by atoms with van der Waals surface area (Å²) < 4.78 is 5.14. The lowest BCUT2D eigenvalue weighted by Gasteiger charge is -2.15. The Morgan fingerprint density at radius 1 is 1.71 bits per heavy atom. The van der Waals surface area contributed by atoms with E-state index in [1.807, 2.05) is 6.92 Å². The number of hydrogen-bond acceptors (Lipinski definition) is 3. The van der Waals surface area contributed by atoms with E-state index in [0.717, 1.165) is 19.3 Å². The maximum Gasteiger partial charge on any atom is 0.225 e. The molecule has 1 rings (SSSR count). The van der Waals surface area contributed by atoms with E-state index in [2.05, 4.69) is 5.32 Å². The number of aliphatic hydroxyl groups excluding tert-OH is 1. The van der Waals surface area contributed by atoms with Gasteiger partial charge in [-0.25, -0.2) is 0 Å². The zero-order valence-corrected chi connectivity index (χ0v) is 8.66. The van der Waals surface area contributed by atoms with Crippen LogP contribution >= 0.6 is 0 Å². The minimum Gasteiger partial charge on any atom is -0.396 e. The Kier molecular flexibility index (Phi) is 4.90. The van der Waals surface area contributed by atoms with E-state index in [9.17, 15) is 4.79 Å². The second-order valence-corrected chi connectivity index (χ2v) is 3.84. The lowest BCUT2D eigenvalue weighted by atomic mass is 10.1. The summed E-state index contributed by atoms with van der Waals surface area (Å²) in [7, 11) is 0. The highest BCUT2D eigenvalue weighted by atomic mass is 16.5. The Bertz CT molecular complexity index is 178. The van der Waals surface area contributed by atoms with Crippen molar-refractivity contribution in [1.82, 2.24) is 5.32 Å². The van der Waals surface area contributed by atoms with Gasteiger partial charge in [-0.1, -0.05) is 0 Å². The van der Waals surface area contributed by atoms with Crippen molar-refractivity contribution in [2.75, 3.05) is 19.8 Å². The van der Waals surface area contributed by atoms with E-state index in [-0.39, 0.29) is 24.5 Å². The third kappa shape index (κ3) is 3.64. The summed E-state index contributed by atoms with van der Waals surface area (Å²) in [6, 6.07) is 0.148. The first-order chi connectivity index (χ1) is 6.74. The SMILES string of the molecule is CC(CCCO)NC(=O)C1CCOC1. The van der Waals surface area contributed by atoms with Gasteiger partial charge >= 0.3 is 0 Å². The Labute approximate surface area is 84.6 Å². The molecule has 2 atom stereocenters. The van der Waals surface area contributed by atoms with Crippen molar-refractivity contribution in [3.63, 3.8) is 0 Å². The Hall–Kier alpha value is -0.610. The van der Waals surface area contributed by atoms with E-state index >= 15 is 0 Å². The summed E-state index contributed by atoms with van der Waals surface area (Å²) in [5, 5.41) is 11.6. The number of carbonyl (C=O) groups is 1. The quantitative estimate of drug-likeness (QED) is 0.672. The minimum absolute atomic E-state index is 0.0339. The van der Waals surface area contributed by atoms with E-state index in [0.29, 0.717) is 13.2 Å². The lowest BCUT2D eigenvalue weighted by Crippen LogP contribution is -2.37. The number of ether oxygens (including phenoxy) is 1. The van der Waals surface area contributed by atoms with Crippen LogP contribution in [0.1, 0.15) is 26.2 Å².